The molecule has 0 spiro atoms. The number of nitrogens with zero attached hydrogens (tertiary/aromatic N) is 2. The van der Waals surface area contributed by atoms with Gasteiger partial charge in [0.15, 0.2) is 5.17 Å². The largest absolute Gasteiger partial charge is 0.467 e. The van der Waals surface area contributed by atoms with E-state index in [2.05, 4.69) is 26.2 Å². The first-order chi connectivity index (χ1) is 15.0. The molecule has 0 aliphatic carbocycles. The number of hydrogen-bond acceptors (Lipinski definition) is 5. The fourth-order valence-electron chi connectivity index (χ4n) is 2.97. The molecular weight excluding hydrogens is 485 g/mol. The van der Waals surface area contributed by atoms with E-state index in [9.17, 15) is 14.0 Å². The molecule has 1 saturated heterocycles. The summed E-state index contributed by atoms with van der Waals surface area (Å²) in [6, 6.07) is 16.4. The number of amidine groups is 1. The molecule has 1 aliphatic heterocycles. The summed E-state index contributed by atoms with van der Waals surface area (Å²) in [7, 11) is 0. The van der Waals surface area contributed by atoms with Gasteiger partial charge < -0.3 is 9.73 Å². The van der Waals surface area contributed by atoms with Gasteiger partial charge in [0.05, 0.1) is 18.5 Å². The van der Waals surface area contributed by atoms with Crippen molar-refractivity contribution in [3.63, 3.8) is 0 Å². The number of carbonyl (C=O) groups excluding carboxylic acids is 2. The molecule has 4 rings (SSSR count). The molecular formula is C22H17BrFN3O3S. The first-order valence-corrected chi connectivity index (χ1v) is 11.1. The predicted octanol–water partition coefficient (Wildman–Crippen LogP) is 5.34. The van der Waals surface area contributed by atoms with Crippen LogP contribution in [0.5, 0.6) is 0 Å². The van der Waals surface area contributed by atoms with Crippen LogP contribution in [-0.2, 0) is 16.1 Å². The molecule has 158 valence electrons. The summed E-state index contributed by atoms with van der Waals surface area (Å²) in [4.78, 5) is 31.6. The van der Waals surface area contributed by atoms with Gasteiger partial charge in [-0.25, -0.2) is 9.38 Å². The molecule has 2 amide bonds. The van der Waals surface area contributed by atoms with Gasteiger partial charge in [-0.05, 0) is 60.7 Å². The van der Waals surface area contributed by atoms with E-state index in [1.165, 1.54) is 47.2 Å². The van der Waals surface area contributed by atoms with Crippen LogP contribution in [0.1, 0.15) is 12.2 Å². The van der Waals surface area contributed by atoms with Crippen LogP contribution in [0.4, 0.5) is 15.8 Å². The van der Waals surface area contributed by atoms with E-state index in [4.69, 9.17) is 4.42 Å². The van der Waals surface area contributed by atoms with Gasteiger partial charge in [0.2, 0.25) is 11.8 Å². The number of hydrogen-bond donors (Lipinski definition) is 1. The third-order valence-corrected chi connectivity index (χ3v) is 6.17. The highest BCUT2D eigenvalue weighted by Crippen LogP contribution is 2.33. The second-order valence-corrected chi connectivity index (χ2v) is 8.83. The molecule has 1 aromatic heterocycles. The third kappa shape index (κ3) is 5.42. The predicted molar refractivity (Wildman–Crippen MR) is 122 cm³/mol. The summed E-state index contributed by atoms with van der Waals surface area (Å²) in [5.41, 5.74) is 1.16. The number of thioether (sulfide) groups is 1. The molecule has 1 fully saturated rings. The molecule has 6 nitrogen and oxygen atoms in total. The van der Waals surface area contributed by atoms with Crippen LogP contribution in [0.3, 0.4) is 0 Å². The highest BCUT2D eigenvalue weighted by atomic mass is 79.9. The van der Waals surface area contributed by atoms with Crippen LogP contribution >= 0.6 is 27.7 Å². The van der Waals surface area contributed by atoms with Crippen molar-refractivity contribution in [2.45, 2.75) is 18.2 Å². The van der Waals surface area contributed by atoms with Gasteiger partial charge in [-0.3, -0.25) is 14.5 Å². The van der Waals surface area contributed by atoms with Crippen LogP contribution in [0.15, 0.2) is 80.8 Å². The summed E-state index contributed by atoms with van der Waals surface area (Å²) < 4.78 is 19.5. The molecule has 0 bridgehead atoms. The summed E-state index contributed by atoms with van der Waals surface area (Å²) in [5.74, 6) is -0.267. The summed E-state index contributed by atoms with van der Waals surface area (Å²) in [6.45, 7) is 0.198. The smallest absolute Gasteiger partial charge is 0.243 e. The maximum Gasteiger partial charge on any atom is 0.243 e. The maximum absolute atomic E-state index is 13.2. The van der Waals surface area contributed by atoms with Crippen LogP contribution in [-0.4, -0.2) is 27.1 Å². The lowest BCUT2D eigenvalue weighted by Gasteiger charge is -2.15. The molecule has 0 unspecified atom stereocenters. The number of anilines is 1. The Hall–Kier alpha value is -2.91. The average molecular weight is 502 g/mol. The topological polar surface area (TPSA) is 74.9 Å². The number of halogens is 2. The van der Waals surface area contributed by atoms with E-state index >= 15 is 0 Å². The number of nitrogens with one attached hydrogen (secondary N) is 1. The van der Waals surface area contributed by atoms with E-state index < -0.39 is 5.25 Å². The molecule has 2 heterocycles. The third-order valence-electron chi connectivity index (χ3n) is 4.46. The van der Waals surface area contributed by atoms with Crippen molar-refractivity contribution in [3.8, 4) is 0 Å². The van der Waals surface area contributed by atoms with Gasteiger partial charge in [0.1, 0.15) is 16.8 Å². The lowest BCUT2D eigenvalue weighted by atomic mass is 10.2. The van der Waals surface area contributed by atoms with Crippen molar-refractivity contribution >= 4 is 56.0 Å². The maximum atomic E-state index is 13.2. The lowest BCUT2D eigenvalue weighted by Crippen LogP contribution is -2.33. The Morgan fingerprint density at radius 3 is 2.58 bits per heavy atom. The first kappa shape index (κ1) is 21.3. The van der Waals surface area contributed by atoms with E-state index in [0.29, 0.717) is 22.3 Å². The Labute approximate surface area is 190 Å². The van der Waals surface area contributed by atoms with Gasteiger partial charge in [-0.15, -0.1) is 0 Å². The molecule has 2 aromatic carbocycles. The monoisotopic (exact) mass is 501 g/mol. The molecule has 0 radical (unpaired) electrons. The molecule has 3 aromatic rings. The van der Waals surface area contributed by atoms with Gasteiger partial charge in [-0.1, -0.05) is 27.7 Å². The number of furan rings is 1. The quantitative estimate of drug-likeness (QED) is 0.494. The minimum atomic E-state index is -0.621. The zero-order valence-electron chi connectivity index (χ0n) is 16.1. The number of benzene rings is 2. The fraction of sp³-hybridized carbons (Fsp3) is 0.136. The van der Waals surface area contributed by atoms with Crippen molar-refractivity contribution in [2.24, 2.45) is 4.99 Å². The molecule has 0 saturated carbocycles. The summed E-state index contributed by atoms with van der Waals surface area (Å²) in [5, 5.41) is 2.62. The van der Waals surface area contributed by atoms with Crippen LogP contribution < -0.4 is 5.32 Å². The summed E-state index contributed by atoms with van der Waals surface area (Å²) in [6.07, 6.45) is 1.53. The van der Waals surface area contributed by atoms with E-state index in [1.807, 2.05) is 12.1 Å². The second kappa shape index (κ2) is 9.49. The number of carbonyl (C=O) groups is 2. The standard InChI is InChI=1S/C22H17BrFN3O3S/c23-14-3-7-16(8-4-14)25-20(28)12-19-21(29)27(13-18-2-1-11-30-18)22(31-19)26-17-9-5-15(24)6-10-17/h1-11,19H,12-13H2,(H,25,28)/t19-/m0/s1. The highest BCUT2D eigenvalue weighted by molar-refractivity contribution is 9.10. The number of amides is 2. The van der Waals surface area contributed by atoms with Crippen molar-refractivity contribution in [1.82, 2.24) is 4.90 Å². The Balaban J connectivity index is 1.51. The number of aliphatic imine (C=N–C) groups is 1. The summed E-state index contributed by atoms with van der Waals surface area (Å²) >= 11 is 4.56. The van der Waals surface area contributed by atoms with Crippen molar-refractivity contribution in [2.75, 3.05) is 5.32 Å². The van der Waals surface area contributed by atoms with Gasteiger partial charge >= 0.3 is 0 Å². The zero-order chi connectivity index (χ0) is 21.8. The normalized spacial score (nSPS) is 17.4. The fourth-order valence-corrected chi connectivity index (χ4v) is 4.39. The zero-order valence-corrected chi connectivity index (χ0v) is 18.5. The van der Waals surface area contributed by atoms with E-state index in [0.717, 1.165) is 4.47 Å². The Morgan fingerprint density at radius 1 is 1.16 bits per heavy atom. The van der Waals surface area contributed by atoms with Crippen LogP contribution in [0.25, 0.3) is 0 Å². The molecule has 1 aliphatic rings. The first-order valence-electron chi connectivity index (χ1n) is 9.38. The van der Waals surface area contributed by atoms with E-state index in [-0.39, 0.29) is 30.6 Å². The van der Waals surface area contributed by atoms with Crippen molar-refractivity contribution in [1.29, 1.82) is 0 Å². The minimum absolute atomic E-state index is 0.00332. The van der Waals surface area contributed by atoms with Crippen LogP contribution in [0, 0.1) is 5.82 Å². The molecule has 1 atom stereocenters. The highest BCUT2D eigenvalue weighted by Gasteiger charge is 2.39. The minimum Gasteiger partial charge on any atom is -0.467 e. The Bertz CT molecular complexity index is 1100. The molecule has 9 heteroatoms. The SMILES string of the molecule is O=C(C[C@@H]1SC(=Nc2ccc(F)cc2)N(Cc2ccco2)C1=O)Nc1ccc(Br)cc1. The second-order valence-electron chi connectivity index (χ2n) is 6.74. The van der Waals surface area contributed by atoms with Gasteiger partial charge in [0, 0.05) is 16.6 Å². The van der Waals surface area contributed by atoms with E-state index in [1.54, 1.807) is 24.3 Å². The molecule has 31 heavy (non-hydrogen) atoms. The van der Waals surface area contributed by atoms with Crippen LogP contribution in [0.2, 0.25) is 0 Å². The molecule has 1 N–H and O–H groups in total. The lowest BCUT2D eigenvalue weighted by molar-refractivity contribution is -0.128. The van der Waals surface area contributed by atoms with Crippen molar-refractivity contribution < 1.29 is 18.4 Å². The van der Waals surface area contributed by atoms with Gasteiger partial charge in [-0.2, -0.15) is 0 Å². The Kier molecular flexibility index (Phi) is 6.53. The van der Waals surface area contributed by atoms with Crippen molar-refractivity contribution in [3.05, 3.63) is 83.0 Å². The average Bonchev–Trinajstić information content (AvgIpc) is 3.36. The van der Waals surface area contributed by atoms with Gasteiger partial charge in [0.25, 0.3) is 0 Å². The number of rotatable bonds is 6. The Morgan fingerprint density at radius 2 is 1.90 bits per heavy atom.